The zero-order chi connectivity index (χ0) is 16.9. The van der Waals surface area contributed by atoms with Crippen molar-refractivity contribution in [2.45, 2.75) is 57.9 Å². The van der Waals surface area contributed by atoms with E-state index in [-0.39, 0.29) is 5.63 Å². The van der Waals surface area contributed by atoms with Crippen LogP contribution in [0.4, 0.5) is 5.69 Å². The molecule has 0 saturated heterocycles. The predicted octanol–water partition coefficient (Wildman–Crippen LogP) is 4.50. The van der Waals surface area contributed by atoms with Crippen molar-refractivity contribution >= 4 is 34.0 Å². The van der Waals surface area contributed by atoms with E-state index in [1.54, 1.807) is 0 Å². The number of aryl methyl sites for hydroxylation is 1. The van der Waals surface area contributed by atoms with E-state index in [2.05, 4.69) is 10.6 Å². The lowest BCUT2D eigenvalue weighted by Gasteiger charge is -2.22. The molecular weight excluding hydrogens is 320 g/mol. The zero-order valence-corrected chi connectivity index (χ0v) is 14.9. The van der Waals surface area contributed by atoms with Gasteiger partial charge in [0.15, 0.2) is 5.11 Å². The van der Waals surface area contributed by atoms with Crippen molar-refractivity contribution < 1.29 is 4.42 Å². The molecule has 2 N–H and O–H groups in total. The second kappa shape index (κ2) is 7.79. The first-order chi connectivity index (χ1) is 11.6. The van der Waals surface area contributed by atoms with Crippen molar-refractivity contribution in [3.8, 4) is 0 Å². The fraction of sp³-hybridized carbons (Fsp3) is 0.474. The molecule has 24 heavy (non-hydrogen) atoms. The van der Waals surface area contributed by atoms with Gasteiger partial charge in [-0.05, 0) is 49.7 Å². The van der Waals surface area contributed by atoms with Crippen LogP contribution in [0.15, 0.2) is 33.5 Å². The van der Waals surface area contributed by atoms with Crippen LogP contribution in [-0.2, 0) is 0 Å². The van der Waals surface area contributed by atoms with Crippen LogP contribution in [0, 0.1) is 6.92 Å². The molecule has 0 amide bonds. The Morgan fingerprint density at radius 2 is 1.83 bits per heavy atom. The standard InChI is InChI=1S/C19H24N2O2S/c1-13-11-18(22)23-17-12-15(9-10-16(13)17)21-19(24)20-14-7-5-3-2-4-6-8-14/h9-12,14H,2-8H2,1H3,(H2,20,21,24). The quantitative estimate of drug-likeness (QED) is 0.620. The number of hydrogen-bond donors (Lipinski definition) is 2. The molecule has 1 aromatic heterocycles. The lowest BCUT2D eigenvalue weighted by Crippen LogP contribution is -2.38. The summed E-state index contributed by atoms with van der Waals surface area (Å²) in [5.74, 6) is 0. The van der Waals surface area contributed by atoms with Crippen molar-refractivity contribution in [2.24, 2.45) is 0 Å². The molecule has 3 rings (SSSR count). The minimum absolute atomic E-state index is 0.327. The lowest BCUT2D eigenvalue weighted by molar-refractivity contribution is 0.430. The SMILES string of the molecule is Cc1cc(=O)oc2cc(NC(=S)NC3CCCCCCC3)ccc12. The van der Waals surface area contributed by atoms with Crippen molar-refractivity contribution in [1.29, 1.82) is 0 Å². The van der Waals surface area contributed by atoms with Crippen LogP contribution < -0.4 is 16.3 Å². The van der Waals surface area contributed by atoms with Crippen LogP contribution in [0.5, 0.6) is 0 Å². The summed E-state index contributed by atoms with van der Waals surface area (Å²) in [7, 11) is 0. The summed E-state index contributed by atoms with van der Waals surface area (Å²) in [5, 5.41) is 8.23. The van der Waals surface area contributed by atoms with Gasteiger partial charge in [-0.15, -0.1) is 0 Å². The lowest BCUT2D eigenvalue weighted by atomic mass is 9.97. The van der Waals surface area contributed by atoms with Crippen LogP contribution in [0.25, 0.3) is 11.0 Å². The number of anilines is 1. The number of nitrogens with one attached hydrogen (secondary N) is 2. The molecule has 0 spiro atoms. The summed E-state index contributed by atoms with van der Waals surface area (Å²) in [6.07, 6.45) is 8.88. The first-order valence-corrected chi connectivity index (χ1v) is 9.15. The molecule has 4 nitrogen and oxygen atoms in total. The number of benzene rings is 1. The van der Waals surface area contributed by atoms with E-state index in [0.717, 1.165) is 16.6 Å². The van der Waals surface area contributed by atoms with E-state index >= 15 is 0 Å². The fourth-order valence-electron chi connectivity index (χ4n) is 3.36. The van der Waals surface area contributed by atoms with Gasteiger partial charge in [0, 0.05) is 29.2 Å². The second-order valence-corrected chi connectivity index (χ2v) is 7.01. The molecule has 1 heterocycles. The Bertz CT molecular complexity index is 777. The molecule has 5 heteroatoms. The molecular formula is C19H24N2O2S. The first kappa shape index (κ1) is 17.0. The van der Waals surface area contributed by atoms with E-state index in [9.17, 15) is 4.79 Å². The number of fused-ring (bicyclic) bond motifs is 1. The summed E-state index contributed by atoms with van der Waals surface area (Å²) >= 11 is 5.45. The van der Waals surface area contributed by atoms with E-state index in [1.807, 2.05) is 25.1 Å². The minimum Gasteiger partial charge on any atom is -0.423 e. The fourth-order valence-corrected chi connectivity index (χ4v) is 3.64. The van der Waals surface area contributed by atoms with Crippen LogP contribution in [0.2, 0.25) is 0 Å². The van der Waals surface area contributed by atoms with Crippen LogP contribution >= 0.6 is 12.2 Å². The molecule has 1 aliphatic carbocycles. The summed E-state index contributed by atoms with van der Waals surface area (Å²) in [6.45, 7) is 1.91. The molecule has 1 aliphatic rings. The van der Waals surface area contributed by atoms with Crippen LogP contribution in [0.3, 0.4) is 0 Å². The number of hydrogen-bond acceptors (Lipinski definition) is 3. The highest BCUT2D eigenvalue weighted by molar-refractivity contribution is 7.80. The highest BCUT2D eigenvalue weighted by Gasteiger charge is 2.12. The smallest absolute Gasteiger partial charge is 0.336 e. The molecule has 1 saturated carbocycles. The third-order valence-corrected chi connectivity index (χ3v) is 4.87. The average Bonchev–Trinajstić information content (AvgIpc) is 2.49. The summed E-state index contributed by atoms with van der Waals surface area (Å²) in [5.41, 5.74) is 2.01. The van der Waals surface area contributed by atoms with Gasteiger partial charge in [0.05, 0.1) is 0 Å². The van der Waals surface area contributed by atoms with Gasteiger partial charge in [-0.1, -0.05) is 32.1 Å². The summed E-state index contributed by atoms with van der Waals surface area (Å²) < 4.78 is 5.29. The van der Waals surface area contributed by atoms with Gasteiger partial charge in [-0.2, -0.15) is 0 Å². The Labute approximate surface area is 147 Å². The molecule has 0 radical (unpaired) electrons. The van der Waals surface area contributed by atoms with Gasteiger partial charge in [0.25, 0.3) is 0 Å². The first-order valence-electron chi connectivity index (χ1n) is 8.74. The maximum Gasteiger partial charge on any atom is 0.336 e. The normalized spacial score (nSPS) is 16.4. The topological polar surface area (TPSA) is 54.3 Å². The molecule has 128 valence electrons. The van der Waals surface area contributed by atoms with Crippen molar-refractivity contribution in [1.82, 2.24) is 5.32 Å². The summed E-state index contributed by atoms with van der Waals surface area (Å²) in [6, 6.07) is 7.70. The Kier molecular flexibility index (Phi) is 5.51. The number of thiocarbonyl (C=S) groups is 1. The highest BCUT2D eigenvalue weighted by atomic mass is 32.1. The number of rotatable bonds is 2. The molecule has 0 bridgehead atoms. The van der Waals surface area contributed by atoms with Crippen molar-refractivity contribution in [2.75, 3.05) is 5.32 Å². The predicted molar refractivity (Wildman–Crippen MR) is 103 cm³/mol. The van der Waals surface area contributed by atoms with Gasteiger partial charge >= 0.3 is 5.63 Å². The Balaban J connectivity index is 1.67. The van der Waals surface area contributed by atoms with Crippen molar-refractivity contribution in [3.05, 3.63) is 40.2 Å². The van der Waals surface area contributed by atoms with E-state index in [4.69, 9.17) is 16.6 Å². The highest BCUT2D eigenvalue weighted by Crippen LogP contribution is 2.21. The van der Waals surface area contributed by atoms with Crippen LogP contribution in [0.1, 0.15) is 50.5 Å². The Morgan fingerprint density at radius 3 is 2.58 bits per heavy atom. The zero-order valence-electron chi connectivity index (χ0n) is 14.1. The Hall–Kier alpha value is -1.88. The monoisotopic (exact) mass is 344 g/mol. The minimum atomic E-state index is -0.327. The van der Waals surface area contributed by atoms with Crippen LogP contribution in [-0.4, -0.2) is 11.2 Å². The molecule has 0 aliphatic heterocycles. The maximum absolute atomic E-state index is 11.5. The maximum atomic E-state index is 11.5. The summed E-state index contributed by atoms with van der Waals surface area (Å²) in [4.78, 5) is 11.5. The molecule has 0 unspecified atom stereocenters. The molecule has 1 aromatic carbocycles. The molecule has 2 aromatic rings. The van der Waals surface area contributed by atoms with E-state index < -0.39 is 0 Å². The molecule has 1 fully saturated rings. The molecule has 0 atom stereocenters. The average molecular weight is 344 g/mol. The van der Waals surface area contributed by atoms with Gasteiger partial charge in [-0.25, -0.2) is 4.79 Å². The van der Waals surface area contributed by atoms with Gasteiger partial charge in [0.2, 0.25) is 0 Å². The third kappa shape index (κ3) is 4.35. The largest absolute Gasteiger partial charge is 0.423 e. The van der Waals surface area contributed by atoms with Crippen molar-refractivity contribution in [3.63, 3.8) is 0 Å². The van der Waals surface area contributed by atoms with Gasteiger partial charge in [0.1, 0.15) is 5.58 Å². The van der Waals surface area contributed by atoms with E-state index in [1.165, 1.54) is 51.0 Å². The second-order valence-electron chi connectivity index (χ2n) is 6.60. The van der Waals surface area contributed by atoms with E-state index in [0.29, 0.717) is 16.7 Å². The Morgan fingerprint density at radius 1 is 1.12 bits per heavy atom. The third-order valence-electron chi connectivity index (χ3n) is 4.65. The van der Waals surface area contributed by atoms with Gasteiger partial charge in [-0.3, -0.25) is 0 Å². The van der Waals surface area contributed by atoms with Gasteiger partial charge < -0.3 is 15.1 Å².